The highest BCUT2D eigenvalue weighted by atomic mass is 19.4. The number of hydrogen-bond donors (Lipinski definition) is 0. The highest BCUT2D eigenvalue weighted by Gasteiger charge is 2.35. The van der Waals surface area contributed by atoms with Gasteiger partial charge in [-0.2, -0.15) is 13.2 Å². The number of pyridine rings is 1. The molecule has 1 aromatic heterocycles. The van der Waals surface area contributed by atoms with Crippen molar-refractivity contribution in [3.63, 3.8) is 0 Å². The summed E-state index contributed by atoms with van der Waals surface area (Å²) in [6.45, 7) is 0. The van der Waals surface area contributed by atoms with Gasteiger partial charge in [-0.15, -0.1) is 0 Å². The summed E-state index contributed by atoms with van der Waals surface area (Å²) in [6, 6.07) is 7.87. The maximum Gasteiger partial charge on any atom is 0.421 e. The number of aldehydes is 1. The van der Waals surface area contributed by atoms with E-state index >= 15 is 0 Å². The molecule has 0 unspecified atom stereocenters. The van der Waals surface area contributed by atoms with Crippen LogP contribution in [0.3, 0.4) is 0 Å². The number of nitrogens with zero attached hydrogens (tertiary/aromatic N) is 1. The molecule has 0 aliphatic carbocycles. The molecule has 0 N–H and O–H groups in total. The molecule has 0 amide bonds. The zero-order chi connectivity index (χ0) is 13.9. The van der Waals surface area contributed by atoms with Crippen molar-refractivity contribution in [2.75, 3.05) is 0 Å². The Morgan fingerprint density at radius 2 is 1.95 bits per heavy atom. The summed E-state index contributed by atoms with van der Waals surface area (Å²) in [5, 5.41) is 0. The fourth-order valence-corrected chi connectivity index (χ4v) is 1.45. The summed E-state index contributed by atoms with van der Waals surface area (Å²) >= 11 is 0. The van der Waals surface area contributed by atoms with Gasteiger partial charge in [0.2, 0.25) is 5.88 Å². The van der Waals surface area contributed by atoms with Gasteiger partial charge in [0.1, 0.15) is 17.6 Å². The van der Waals surface area contributed by atoms with E-state index in [0.29, 0.717) is 11.8 Å². The molecule has 0 saturated carbocycles. The van der Waals surface area contributed by atoms with Gasteiger partial charge in [0, 0.05) is 11.8 Å². The van der Waals surface area contributed by atoms with Gasteiger partial charge in [-0.1, -0.05) is 12.1 Å². The Balaban J connectivity index is 2.35. The predicted octanol–water partition coefficient (Wildman–Crippen LogP) is 3.71. The van der Waals surface area contributed by atoms with Crippen LogP contribution in [0, 0.1) is 0 Å². The van der Waals surface area contributed by atoms with Gasteiger partial charge in [0.05, 0.1) is 0 Å². The summed E-state index contributed by atoms with van der Waals surface area (Å²) in [5.74, 6) is -0.424. The molecule has 19 heavy (non-hydrogen) atoms. The standard InChI is InChI=1S/C13H8F3NO2/c14-13(15,16)11-5-2-6-17-12(11)19-10-4-1-3-9(7-10)8-18/h1-8H. The quantitative estimate of drug-likeness (QED) is 0.796. The molecule has 0 fully saturated rings. The van der Waals surface area contributed by atoms with Gasteiger partial charge >= 0.3 is 6.18 Å². The Morgan fingerprint density at radius 1 is 1.16 bits per heavy atom. The second-order valence-electron chi connectivity index (χ2n) is 3.65. The minimum absolute atomic E-state index is 0.119. The van der Waals surface area contributed by atoms with Crippen molar-refractivity contribution in [1.29, 1.82) is 0 Å². The molecule has 1 heterocycles. The fourth-order valence-electron chi connectivity index (χ4n) is 1.45. The molecule has 0 aliphatic heterocycles. The highest BCUT2D eigenvalue weighted by molar-refractivity contribution is 5.75. The van der Waals surface area contributed by atoms with E-state index in [1.54, 1.807) is 0 Å². The van der Waals surface area contributed by atoms with E-state index in [9.17, 15) is 18.0 Å². The van der Waals surface area contributed by atoms with Crippen LogP contribution in [0.5, 0.6) is 11.6 Å². The first-order valence-corrected chi connectivity index (χ1v) is 5.26. The van der Waals surface area contributed by atoms with Crippen LogP contribution in [0.4, 0.5) is 13.2 Å². The third-order valence-electron chi connectivity index (χ3n) is 2.29. The average molecular weight is 267 g/mol. The van der Waals surface area contributed by atoms with E-state index in [1.807, 2.05) is 0 Å². The van der Waals surface area contributed by atoms with Gasteiger partial charge < -0.3 is 4.74 Å². The van der Waals surface area contributed by atoms with Gasteiger partial charge in [0.25, 0.3) is 0 Å². The Kier molecular flexibility index (Phi) is 3.50. The molecule has 0 saturated heterocycles. The number of carbonyl (C=O) groups is 1. The van der Waals surface area contributed by atoms with Crippen molar-refractivity contribution < 1.29 is 22.7 Å². The lowest BCUT2D eigenvalue weighted by atomic mass is 10.2. The Hall–Kier alpha value is -2.37. The van der Waals surface area contributed by atoms with Crippen LogP contribution in [-0.4, -0.2) is 11.3 Å². The van der Waals surface area contributed by atoms with Crippen LogP contribution in [0.15, 0.2) is 42.6 Å². The van der Waals surface area contributed by atoms with Crippen LogP contribution in [0.25, 0.3) is 0 Å². The maximum absolute atomic E-state index is 12.7. The van der Waals surface area contributed by atoms with E-state index in [2.05, 4.69) is 4.98 Å². The molecular weight excluding hydrogens is 259 g/mol. The molecule has 0 bridgehead atoms. The Morgan fingerprint density at radius 3 is 2.63 bits per heavy atom. The third kappa shape index (κ3) is 3.09. The third-order valence-corrected chi connectivity index (χ3v) is 2.29. The minimum Gasteiger partial charge on any atom is -0.438 e. The smallest absolute Gasteiger partial charge is 0.421 e. The largest absolute Gasteiger partial charge is 0.438 e. The average Bonchev–Trinajstić information content (AvgIpc) is 2.38. The molecule has 6 heteroatoms. The minimum atomic E-state index is -4.55. The fraction of sp³-hybridized carbons (Fsp3) is 0.0769. The molecule has 0 spiro atoms. The summed E-state index contributed by atoms with van der Waals surface area (Å²) in [6.07, 6.45) is -2.77. The van der Waals surface area contributed by atoms with Crippen molar-refractivity contribution in [3.8, 4) is 11.6 Å². The normalized spacial score (nSPS) is 11.1. The zero-order valence-electron chi connectivity index (χ0n) is 9.52. The topological polar surface area (TPSA) is 39.2 Å². The summed E-state index contributed by atoms with van der Waals surface area (Å²) < 4.78 is 43.2. The zero-order valence-corrected chi connectivity index (χ0v) is 9.52. The molecular formula is C13H8F3NO2. The lowest BCUT2D eigenvalue weighted by Gasteiger charge is -2.12. The van der Waals surface area contributed by atoms with Crippen LogP contribution in [0.2, 0.25) is 0 Å². The van der Waals surface area contributed by atoms with E-state index in [-0.39, 0.29) is 5.75 Å². The first-order valence-electron chi connectivity index (χ1n) is 5.26. The van der Waals surface area contributed by atoms with Gasteiger partial charge in [-0.05, 0) is 24.3 Å². The van der Waals surface area contributed by atoms with Crippen molar-refractivity contribution in [2.24, 2.45) is 0 Å². The molecule has 1 aromatic carbocycles. The van der Waals surface area contributed by atoms with Gasteiger partial charge in [-0.25, -0.2) is 4.98 Å². The van der Waals surface area contributed by atoms with Crippen molar-refractivity contribution in [1.82, 2.24) is 4.98 Å². The molecule has 3 nitrogen and oxygen atoms in total. The van der Waals surface area contributed by atoms with Crippen molar-refractivity contribution >= 4 is 6.29 Å². The Bertz CT molecular complexity index is 596. The predicted molar refractivity (Wildman–Crippen MR) is 61.1 cm³/mol. The van der Waals surface area contributed by atoms with E-state index < -0.39 is 17.6 Å². The number of alkyl halides is 3. The van der Waals surface area contributed by atoms with Gasteiger partial charge in [0.15, 0.2) is 0 Å². The number of carbonyl (C=O) groups excluding carboxylic acids is 1. The molecule has 2 aromatic rings. The number of hydrogen-bond acceptors (Lipinski definition) is 3. The SMILES string of the molecule is O=Cc1cccc(Oc2ncccc2C(F)(F)F)c1. The second kappa shape index (κ2) is 5.09. The van der Waals surface area contributed by atoms with Crippen LogP contribution >= 0.6 is 0 Å². The molecule has 98 valence electrons. The summed E-state index contributed by atoms with van der Waals surface area (Å²) in [4.78, 5) is 14.2. The summed E-state index contributed by atoms with van der Waals surface area (Å²) in [5.41, 5.74) is -0.659. The monoisotopic (exact) mass is 267 g/mol. The number of ether oxygens (including phenoxy) is 1. The number of rotatable bonds is 3. The second-order valence-corrected chi connectivity index (χ2v) is 3.65. The number of halogens is 3. The van der Waals surface area contributed by atoms with Crippen LogP contribution in [0.1, 0.15) is 15.9 Å². The van der Waals surface area contributed by atoms with Crippen molar-refractivity contribution in [3.05, 3.63) is 53.7 Å². The first kappa shape index (κ1) is 13.1. The van der Waals surface area contributed by atoms with Crippen molar-refractivity contribution in [2.45, 2.75) is 6.18 Å². The van der Waals surface area contributed by atoms with Crippen LogP contribution in [-0.2, 0) is 6.18 Å². The number of benzene rings is 1. The Labute approximate surface area is 106 Å². The maximum atomic E-state index is 12.7. The number of aromatic nitrogens is 1. The highest BCUT2D eigenvalue weighted by Crippen LogP contribution is 2.36. The van der Waals surface area contributed by atoms with E-state index in [0.717, 1.165) is 6.07 Å². The van der Waals surface area contributed by atoms with E-state index in [1.165, 1.54) is 36.5 Å². The molecule has 0 radical (unpaired) electrons. The van der Waals surface area contributed by atoms with Crippen LogP contribution < -0.4 is 4.74 Å². The lowest BCUT2D eigenvalue weighted by Crippen LogP contribution is -2.08. The van der Waals surface area contributed by atoms with E-state index in [4.69, 9.17) is 4.74 Å². The lowest BCUT2D eigenvalue weighted by molar-refractivity contribution is -0.138. The molecule has 2 rings (SSSR count). The molecule has 0 aliphatic rings. The first-order chi connectivity index (χ1) is 9.00. The summed E-state index contributed by atoms with van der Waals surface area (Å²) in [7, 11) is 0. The molecule has 0 atom stereocenters. The van der Waals surface area contributed by atoms with Gasteiger partial charge in [-0.3, -0.25) is 4.79 Å².